The van der Waals surface area contributed by atoms with Crippen molar-refractivity contribution < 1.29 is 28.8 Å². The van der Waals surface area contributed by atoms with E-state index in [-0.39, 0.29) is 36.5 Å². The highest BCUT2D eigenvalue weighted by atomic mass is 16.2. The maximum Gasteiger partial charge on any atom is 0.222 e. The molecule has 0 atom stereocenters. The van der Waals surface area contributed by atoms with Crippen LogP contribution < -0.4 is 10.6 Å². The van der Waals surface area contributed by atoms with E-state index in [2.05, 4.69) is 85.9 Å². The molecule has 0 fully saturated rings. The molecule has 0 saturated carbocycles. The van der Waals surface area contributed by atoms with Gasteiger partial charge < -0.3 is 40.0 Å². The molecule has 0 aliphatic rings. The molecule has 14 heteroatoms. The summed E-state index contributed by atoms with van der Waals surface area (Å²) in [6, 6.07) is 0.725. The Kier molecular flexibility index (Phi) is 79.8. The number of hydrogen-bond donors (Lipinski definition) is 2. The summed E-state index contributed by atoms with van der Waals surface area (Å²) in [6.45, 7) is 21.6. The third kappa shape index (κ3) is 69.1. The molecule has 0 aromatic rings. The molecule has 0 spiro atoms. The van der Waals surface area contributed by atoms with Gasteiger partial charge in [0, 0.05) is 118 Å². The Morgan fingerprint density at radius 2 is 0.400 bits per heavy atom. The highest BCUT2D eigenvalue weighted by molar-refractivity contribution is 5.83. The zero-order valence-corrected chi connectivity index (χ0v) is 75.4. The van der Waals surface area contributed by atoms with Crippen LogP contribution in [-0.4, -0.2) is 171 Å². The number of amides is 6. The van der Waals surface area contributed by atoms with Gasteiger partial charge in [0.25, 0.3) is 0 Å². The molecule has 0 bridgehead atoms. The highest BCUT2D eigenvalue weighted by Gasteiger charge is 2.22. The molecule has 2 N–H and O–H groups in total. The normalized spacial score (nSPS) is 11.7. The van der Waals surface area contributed by atoms with Crippen LogP contribution in [0.5, 0.6) is 0 Å². The first-order valence-electron chi connectivity index (χ1n) is 48.7. The smallest absolute Gasteiger partial charge is 0.222 e. The third-order valence-electron chi connectivity index (χ3n) is 24.0. The summed E-state index contributed by atoms with van der Waals surface area (Å²) < 4.78 is 0. The van der Waals surface area contributed by atoms with Crippen LogP contribution in [0, 0.1) is 0 Å². The lowest BCUT2D eigenvalue weighted by atomic mass is 9.98. The Labute approximate surface area is 684 Å². The van der Waals surface area contributed by atoms with Gasteiger partial charge in [-0.25, -0.2) is 0 Å². The van der Waals surface area contributed by atoms with Crippen LogP contribution in [0.1, 0.15) is 478 Å². The van der Waals surface area contributed by atoms with Crippen molar-refractivity contribution >= 4 is 35.4 Å². The second-order valence-corrected chi connectivity index (χ2v) is 34.4. The summed E-state index contributed by atoms with van der Waals surface area (Å²) in [4.78, 5) is 93.2. The average molecular weight is 1550 g/mol. The summed E-state index contributed by atoms with van der Waals surface area (Å²) >= 11 is 0. The summed E-state index contributed by atoms with van der Waals surface area (Å²) in [5.41, 5.74) is 0. The van der Waals surface area contributed by atoms with E-state index >= 15 is 0 Å². The zero-order chi connectivity index (χ0) is 80.7. The predicted octanol–water partition coefficient (Wildman–Crippen LogP) is 25.0. The van der Waals surface area contributed by atoms with Gasteiger partial charge in [-0.3, -0.25) is 28.8 Å². The van der Waals surface area contributed by atoms with E-state index < -0.39 is 0 Å². The van der Waals surface area contributed by atoms with Crippen LogP contribution in [0.2, 0.25) is 0 Å². The lowest BCUT2D eigenvalue weighted by molar-refractivity contribution is -0.133. The number of carbonyl (C=O) groups excluding carboxylic acids is 6. The molecule has 0 aliphatic heterocycles. The monoisotopic (exact) mass is 1550 g/mol. The third-order valence-corrected chi connectivity index (χ3v) is 24.0. The zero-order valence-electron chi connectivity index (χ0n) is 75.4. The quantitative estimate of drug-likeness (QED) is 0.0573. The molecule has 0 aromatic heterocycles. The van der Waals surface area contributed by atoms with Gasteiger partial charge in [0.2, 0.25) is 35.4 Å². The molecule has 0 radical (unpaired) electrons. The Morgan fingerprint density at radius 3 is 0.645 bits per heavy atom. The van der Waals surface area contributed by atoms with E-state index in [1.807, 2.05) is 23.9 Å². The van der Waals surface area contributed by atoms with E-state index in [9.17, 15) is 28.8 Å². The van der Waals surface area contributed by atoms with E-state index in [4.69, 9.17) is 0 Å². The van der Waals surface area contributed by atoms with Crippen molar-refractivity contribution in [3.8, 4) is 0 Å². The molecule has 0 rings (SSSR count). The van der Waals surface area contributed by atoms with Gasteiger partial charge in [-0.05, 0) is 116 Å². The summed E-state index contributed by atoms with van der Waals surface area (Å²) in [5, 5.41) is 6.30. The van der Waals surface area contributed by atoms with Crippen molar-refractivity contribution in [3.63, 3.8) is 0 Å². The van der Waals surface area contributed by atoms with Gasteiger partial charge in [0.15, 0.2) is 0 Å². The molecule has 0 aromatic carbocycles. The van der Waals surface area contributed by atoms with Gasteiger partial charge in [-0.1, -0.05) is 350 Å². The fourth-order valence-electron chi connectivity index (χ4n) is 16.1. The average Bonchev–Trinajstić information content (AvgIpc) is 0.912. The first-order valence-corrected chi connectivity index (χ1v) is 48.7. The molecule has 650 valence electrons. The van der Waals surface area contributed by atoms with E-state index in [0.29, 0.717) is 62.7 Å². The molecule has 0 heterocycles. The van der Waals surface area contributed by atoms with Gasteiger partial charge in [-0.15, -0.1) is 0 Å². The Hall–Kier alpha value is -3.26. The standard InChI is InChI=1S/C96H190N8O6/c1-11-17-23-29-35-37-39-49-63-81-99(7)93(107)73-61-53-67-85-103(83-65-51-41-47-59-75-95(109)101(9)89(69-55-43-31-25-19-13-3)70-56-44-32-26-20-14-4)87-79-97-91(105)77-78-92(106)98-80-88-104(86-68-54-62-74-94(108)100(8)82-64-50-40-38-36-30-24-18-12-2)84-66-52-42-48-60-76-96(110)102(10)90(71-57-45-33-27-21-15-5)72-58-46-34-28-22-16-6/h89-90H,11-88H2,1-10H3,(H,97,105)(H,98,106). The minimum absolute atomic E-state index is 0.0937. The summed E-state index contributed by atoms with van der Waals surface area (Å²) in [5.74, 6) is 0.964. The van der Waals surface area contributed by atoms with Crippen LogP contribution in [0.25, 0.3) is 0 Å². The first-order chi connectivity index (χ1) is 53.7. The number of unbranched alkanes of at least 4 members (excludes halogenated alkanes) is 48. The maximum atomic E-state index is 13.6. The number of hydrogen-bond acceptors (Lipinski definition) is 8. The van der Waals surface area contributed by atoms with Crippen molar-refractivity contribution in [1.82, 2.24) is 40.0 Å². The molecule has 110 heavy (non-hydrogen) atoms. The van der Waals surface area contributed by atoms with Crippen LogP contribution >= 0.6 is 0 Å². The van der Waals surface area contributed by atoms with Crippen LogP contribution in [0.15, 0.2) is 0 Å². The second kappa shape index (κ2) is 82.3. The van der Waals surface area contributed by atoms with Gasteiger partial charge in [0.1, 0.15) is 0 Å². The van der Waals surface area contributed by atoms with Crippen molar-refractivity contribution in [2.24, 2.45) is 0 Å². The van der Waals surface area contributed by atoms with E-state index in [0.717, 1.165) is 194 Å². The van der Waals surface area contributed by atoms with Gasteiger partial charge in [0.05, 0.1) is 0 Å². The summed E-state index contributed by atoms with van der Waals surface area (Å²) in [7, 11) is 8.10. The van der Waals surface area contributed by atoms with Gasteiger partial charge in [-0.2, -0.15) is 0 Å². The minimum Gasteiger partial charge on any atom is -0.355 e. The number of nitrogens with zero attached hydrogens (tertiary/aromatic N) is 6. The fourth-order valence-corrected chi connectivity index (χ4v) is 16.1. The molecular formula is C96H190N8O6. The maximum absolute atomic E-state index is 13.6. The van der Waals surface area contributed by atoms with Crippen molar-refractivity contribution in [2.75, 3.05) is 93.6 Å². The number of rotatable bonds is 87. The Balaban J connectivity index is 5.58. The molecular weight excluding hydrogens is 1360 g/mol. The Bertz CT molecular complexity index is 1870. The van der Waals surface area contributed by atoms with Crippen molar-refractivity contribution in [1.29, 1.82) is 0 Å². The molecule has 6 amide bonds. The SMILES string of the molecule is CCCCCCCCCCCN(C)C(=O)CCCCCN(CCCCCCCC(=O)N(C)C(CCCCCCCC)CCCCCCCC)CCNC(=O)CCC(=O)NCCN(CCCCCCCC(=O)N(C)C(CCCCCCCC)CCCCCCCC)CCCCCC(=O)N(C)CCCCCCCCCCC. The lowest BCUT2D eigenvalue weighted by Crippen LogP contribution is -2.37. The highest BCUT2D eigenvalue weighted by Crippen LogP contribution is 2.23. The van der Waals surface area contributed by atoms with Gasteiger partial charge >= 0.3 is 0 Å². The summed E-state index contributed by atoms with van der Waals surface area (Å²) in [6.07, 6.45) is 77.7. The topological polar surface area (TPSA) is 146 Å². The van der Waals surface area contributed by atoms with Crippen molar-refractivity contribution in [2.45, 2.75) is 490 Å². The number of nitrogens with one attached hydrogen (secondary N) is 2. The van der Waals surface area contributed by atoms with Crippen molar-refractivity contribution in [3.05, 3.63) is 0 Å². The fraction of sp³-hybridized carbons (Fsp3) is 0.938. The molecule has 0 saturated heterocycles. The van der Waals surface area contributed by atoms with E-state index in [1.165, 1.54) is 257 Å². The molecule has 0 unspecified atom stereocenters. The predicted molar refractivity (Wildman–Crippen MR) is 475 cm³/mol. The molecule has 0 aliphatic carbocycles. The number of carbonyl (C=O) groups is 6. The lowest BCUT2D eigenvalue weighted by Gasteiger charge is -2.29. The Morgan fingerprint density at radius 1 is 0.209 bits per heavy atom. The minimum atomic E-state index is -0.0937. The van der Waals surface area contributed by atoms with Crippen LogP contribution in [0.4, 0.5) is 0 Å². The molecule has 14 nitrogen and oxygen atoms in total. The van der Waals surface area contributed by atoms with Crippen LogP contribution in [0.3, 0.4) is 0 Å². The van der Waals surface area contributed by atoms with Crippen LogP contribution in [-0.2, 0) is 28.8 Å². The second-order valence-electron chi connectivity index (χ2n) is 34.4. The largest absolute Gasteiger partial charge is 0.355 e. The first kappa shape index (κ1) is 107. The van der Waals surface area contributed by atoms with E-state index in [1.54, 1.807) is 0 Å².